The summed E-state index contributed by atoms with van der Waals surface area (Å²) in [6.45, 7) is 0. The molecule has 0 aliphatic carbocycles. The summed E-state index contributed by atoms with van der Waals surface area (Å²) in [6.07, 6.45) is 0.952. The summed E-state index contributed by atoms with van der Waals surface area (Å²) in [5.41, 5.74) is 1.07. The van der Waals surface area contributed by atoms with Gasteiger partial charge in [-0.2, -0.15) is 13.5 Å². The van der Waals surface area contributed by atoms with Crippen molar-refractivity contribution < 1.29 is 22.5 Å². The molecule has 1 aromatic heterocycles. The van der Waals surface area contributed by atoms with Crippen molar-refractivity contribution >= 4 is 16.1 Å². The molecule has 2 N–H and O–H groups in total. The van der Waals surface area contributed by atoms with Gasteiger partial charge in [-0.25, -0.2) is 4.79 Å². The van der Waals surface area contributed by atoms with Gasteiger partial charge in [-0.1, -0.05) is 0 Å². The van der Waals surface area contributed by atoms with Crippen molar-refractivity contribution in [2.75, 3.05) is 6.26 Å². The first-order valence-corrected chi connectivity index (χ1v) is 6.95. The van der Waals surface area contributed by atoms with Crippen molar-refractivity contribution in [3.05, 3.63) is 36.0 Å². The van der Waals surface area contributed by atoms with E-state index in [0.717, 1.165) is 6.26 Å². The summed E-state index contributed by atoms with van der Waals surface area (Å²) in [5, 5.41) is 15.0. The van der Waals surface area contributed by atoms with Gasteiger partial charge in [-0.15, -0.1) is 0 Å². The van der Waals surface area contributed by atoms with Crippen LogP contribution in [0.4, 0.5) is 0 Å². The van der Waals surface area contributed by atoms with Crippen LogP contribution in [0.5, 0.6) is 5.75 Å². The van der Waals surface area contributed by atoms with Crippen LogP contribution in [-0.4, -0.2) is 35.9 Å². The van der Waals surface area contributed by atoms with E-state index in [2.05, 4.69) is 14.4 Å². The molecule has 0 bridgehead atoms. The van der Waals surface area contributed by atoms with Gasteiger partial charge in [-0.3, -0.25) is 5.10 Å². The average molecular weight is 282 g/mol. The van der Waals surface area contributed by atoms with Crippen molar-refractivity contribution in [3.63, 3.8) is 0 Å². The molecule has 0 saturated heterocycles. The van der Waals surface area contributed by atoms with Gasteiger partial charge >= 0.3 is 16.1 Å². The Kier molecular flexibility index (Phi) is 3.26. The third kappa shape index (κ3) is 3.32. The van der Waals surface area contributed by atoms with Crippen molar-refractivity contribution in [2.24, 2.45) is 0 Å². The number of aromatic carboxylic acids is 1. The van der Waals surface area contributed by atoms with Crippen LogP contribution in [0.25, 0.3) is 11.3 Å². The minimum Gasteiger partial charge on any atom is -0.477 e. The molecule has 0 aliphatic rings. The summed E-state index contributed by atoms with van der Waals surface area (Å²) in [6, 6.07) is 7.48. The van der Waals surface area contributed by atoms with Gasteiger partial charge in [0.1, 0.15) is 11.4 Å². The lowest BCUT2D eigenvalue weighted by Crippen LogP contribution is -2.05. The molecule has 1 heterocycles. The number of carboxylic acids is 1. The van der Waals surface area contributed by atoms with E-state index < -0.39 is 16.1 Å². The maximum absolute atomic E-state index is 10.9. The lowest BCUT2D eigenvalue weighted by molar-refractivity contribution is 0.0690. The number of hydrogen-bond acceptors (Lipinski definition) is 5. The number of aromatic nitrogens is 2. The molecule has 0 saturated carbocycles. The number of aromatic amines is 1. The van der Waals surface area contributed by atoms with E-state index in [4.69, 9.17) is 5.11 Å². The van der Waals surface area contributed by atoms with Crippen LogP contribution in [0.1, 0.15) is 10.5 Å². The number of benzene rings is 1. The first kappa shape index (κ1) is 13.1. The fourth-order valence-corrected chi connectivity index (χ4v) is 1.90. The summed E-state index contributed by atoms with van der Waals surface area (Å²) in [7, 11) is -3.56. The molecule has 0 spiro atoms. The molecule has 8 heteroatoms. The maximum atomic E-state index is 10.9. The zero-order chi connectivity index (χ0) is 14.0. The third-order valence-corrected chi connectivity index (χ3v) is 2.70. The maximum Gasteiger partial charge on any atom is 0.353 e. The van der Waals surface area contributed by atoms with Crippen LogP contribution in [0.2, 0.25) is 0 Å². The molecule has 2 rings (SSSR count). The van der Waals surface area contributed by atoms with Gasteiger partial charge in [0.05, 0.1) is 11.9 Å². The smallest absolute Gasteiger partial charge is 0.353 e. The lowest BCUT2D eigenvalue weighted by Gasteiger charge is -2.02. The second-order valence-electron chi connectivity index (χ2n) is 3.78. The quantitative estimate of drug-likeness (QED) is 0.813. The highest BCUT2D eigenvalue weighted by Gasteiger charge is 2.10. The second kappa shape index (κ2) is 4.73. The standard InChI is InChI=1S/C11H10N2O5S/c1-19(16,17)18-8-4-2-7(3-5-8)9-6-10(11(14)15)13-12-9/h2-6H,1H3,(H,12,13)(H,14,15). The van der Waals surface area contributed by atoms with E-state index in [0.29, 0.717) is 11.3 Å². The van der Waals surface area contributed by atoms with Crippen LogP contribution in [0.3, 0.4) is 0 Å². The van der Waals surface area contributed by atoms with Crippen molar-refractivity contribution in [1.82, 2.24) is 10.2 Å². The minimum absolute atomic E-state index is 0.0218. The van der Waals surface area contributed by atoms with Crippen LogP contribution in [0.15, 0.2) is 30.3 Å². The number of carboxylic acid groups (broad SMARTS) is 1. The highest BCUT2D eigenvalue weighted by molar-refractivity contribution is 7.86. The normalized spacial score (nSPS) is 11.2. The van der Waals surface area contributed by atoms with Gasteiger partial charge in [-0.05, 0) is 30.3 Å². The Morgan fingerprint density at radius 3 is 2.42 bits per heavy atom. The van der Waals surface area contributed by atoms with Gasteiger partial charge in [0.2, 0.25) is 0 Å². The predicted molar refractivity (Wildman–Crippen MR) is 66.5 cm³/mol. The number of nitrogens with zero attached hydrogens (tertiary/aromatic N) is 1. The van der Waals surface area contributed by atoms with Crippen LogP contribution < -0.4 is 4.18 Å². The minimum atomic E-state index is -3.56. The van der Waals surface area contributed by atoms with Crippen molar-refractivity contribution in [1.29, 1.82) is 0 Å². The fraction of sp³-hybridized carbons (Fsp3) is 0.0909. The largest absolute Gasteiger partial charge is 0.477 e. The zero-order valence-corrected chi connectivity index (χ0v) is 10.6. The number of carbonyl (C=O) groups is 1. The van der Waals surface area contributed by atoms with E-state index in [1.54, 1.807) is 12.1 Å². The Morgan fingerprint density at radius 1 is 1.32 bits per heavy atom. The molecular formula is C11H10N2O5S. The highest BCUT2D eigenvalue weighted by atomic mass is 32.2. The zero-order valence-electron chi connectivity index (χ0n) is 9.82. The Bertz CT molecular complexity index is 703. The SMILES string of the molecule is CS(=O)(=O)Oc1ccc(-c2cc(C(=O)O)[nH]n2)cc1. The van der Waals surface area contributed by atoms with Gasteiger partial charge < -0.3 is 9.29 Å². The number of rotatable bonds is 4. The summed E-state index contributed by atoms with van der Waals surface area (Å²) in [4.78, 5) is 10.7. The number of nitrogens with one attached hydrogen (secondary N) is 1. The molecule has 7 nitrogen and oxygen atoms in total. The Hall–Kier alpha value is -2.35. The monoisotopic (exact) mass is 282 g/mol. The van der Waals surface area contributed by atoms with Crippen LogP contribution in [0, 0.1) is 0 Å². The van der Waals surface area contributed by atoms with Gasteiger partial charge in [0.15, 0.2) is 0 Å². The second-order valence-corrected chi connectivity index (χ2v) is 5.36. The molecule has 0 unspecified atom stereocenters. The van der Waals surface area contributed by atoms with E-state index in [-0.39, 0.29) is 11.4 Å². The average Bonchev–Trinajstić information content (AvgIpc) is 2.77. The fourth-order valence-electron chi connectivity index (χ4n) is 1.44. The lowest BCUT2D eigenvalue weighted by atomic mass is 10.1. The number of H-pyrrole nitrogens is 1. The van der Waals surface area contributed by atoms with E-state index in [9.17, 15) is 13.2 Å². The van der Waals surface area contributed by atoms with Crippen LogP contribution in [-0.2, 0) is 10.1 Å². The molecule has 0 aliphatic heterocycles. The molecule has 2 aromatic rings. The highest BCUT2D eigenvalue weighted by Crippen LogP contribution is 2.21. The van der Waals surface area contributed by atoms with Gasteiger partial charge in [0, 0.05) is 5.56 Å². The third-order valence-electron chi connectivity index (χ3n) is 2.21. The summed E-state index contributed by atoms with van der Waals surface area (Å²) < 4.78 is 26.5. The molecule has 0 radical (unpaired) electrons. The van der Waals surface area contributed by atoms with Crippen molar-refractivity contribution in [2.45, 2.75) is 0 Å². The van der Waals surface area contributed by atoms with Crippen LogP contribution >= 0.6 is 0 Å². The topological polar surface area (TPSA) is 109 Å². The number of hydrogen-bond donors (Lipinski definition) is 2. The molecular weight excluding hydrogens is 272 g/mol. The predicted octanol–water partition coefficient (Wildman–Crippen LogP) is 1.11. The molecule has 19 heavy (non-hydrogen) atoms. The summed E-state index contributed by atoms with van der Waals surface area (Å²) in [5.74, 6) is -0.920. The summed E-state index contributed by atoms with van der Waals surface area (Å²) >= 11 is 0. The van der Waals surface area contributed by atoms with E-state index >= 15 is 0 Å². The first-order valence-electron chi connectivity index (χ1n) is 5.14. The van der Waals surface area contributed by atoms with Crippen molar-refractivity contribution in [3.8, 4) is 17.0 Å². The van der Waals surface area contributed by atoms with Gasteiger partial charge in [0.25, 0.3) is 0 Å². The Labute approximate surface area is 109 Å². The molecule has 0 atom stereocenters. The van der Waals surface area contributed by atoms with E-state index in [1.807, 2.05) is 0 Å². The van der Waals surface area contributed by atoms with E-state index in [1.165, 1.54) is 18.2 Å². The molecule has 0 amide bonds. The molecule has 1 aromatic carbocycles. The molecule has 100 valence electrons. The Morgan fingerprint density at radius 2 is 1.95 bits per heavy atom. The Balaban J connectivity index is 2.24. The first-order chi connectivity index (χ1) is 8.85. The molecule has 0 fully saturated rings.